The van der Waals surface area contributed by atoms with Crippen LogP contribution in [-0.2, 0) is 9.53 Å². The lowest BCUT2D eigenvalue weighted by Gasteiger charge is -2.34. The molecule has 0 spiro atoms. The Kier molecular flexibility index (Phi) is 5.72. The summed E-state index contributed by atoms with van der Waals surface area (Å²) >= 11 is 1.69. The van der Waals surface area contributed by atoms with Gasteiger partial charge in [-0.2, -0.15) is 0 Å². The average molecular weight is 347 g/mol. The Hall–Kier alpha value is -1.62. The molecule has 1 heterocycles. The van der Waals surface area contributed by atoms with Gasteiger partial charge in [0, 0.05) is 16.7 Å². The summed E-state index contributed by atoms with van der Waals surface area (Å²) in [6.45, 7) is 0. The lowest BCUT2D eigenvalue weighted by atomic mass is 9.81. The van der Waals surface area contributed by atoms with E-state index in [1.807, 2.05) is 18.2 Å². The monoisotopic (exact) mass is 347 g/mol. The molecule has 1 aromatic rings. The van der Waals surface area contributed by atoms with Gasteiger partial charge in [0.2, 0.25) is 0 Å². The van der Waals surface area contributed by atoms with E-state index < -0.39 is 0 Å². The number of anilines is 1. The minimum Gasteiger partial charge on any atom is -0.497 e. The number of methoxy groups -OCH3 is 1. The molecular formula is C19H25NO3S. The van der Waals surface area contributed by atoms with Gasteiger partial charge in [0.15, 0.2) is 0 Å². The summed E-state index contributed by atoms with van der Waals surface area (Å²) in [6.07, 6.45) is 11.5. The topological polar surface area (TPSA) is 47.6 Å². The van der Waals surface area contributed by atoms with Crippen molar-refractivity contribution >= 4 is 23.4 Å². The van der Waals surface area contributed by atoms with Crippen LogP contribution in [-0.4, -0.2) is 31.5 Å². The Morgan fingerprint density at radius 1 is 1.29 bits per heavy atom. The third-order valence-electron chi connectivity index (χ3n) is 4.92. The minimum absolute atomic E-state index is 0.118. The Balaban J connectivity index is 1.83. The molecule has 2 atom stereocenters. The fraction of sp³-hybridized carbons (Fsp3) is 0.526. The maximum Gasteiger partial charge on any atom is 0.331 e. The molecule has 0 bridgehead atoms. The van der Waals surface area contributed by atoms with Crippen LogP contribution in [0.2, 0.25) is 0 Å². The first kappa shape index (κ1) is 17.2. The molecule has 1 N–H and O–H groups in total. The quantitative estimate of drug-likeness (QED) is 0.615. The summed E-state index contributed by atoms with van der Waals surface area (Å²) in [4.78, 5) is 12.7. The van der Waals surface area contributed by atoms with E-state index in [0.717, 1.165) is 16.3 Å². The second-order valence-electron chi connectivity index (χ2n) is 6.40. The standard InChI is InChI=1S/C19H25NO3S/c1-22-14-8-9-15(17(12-14)24-2)20-19(13-6-4-3-5-7-13)16-10-11-18(21)23-16/h8-13,16,19-20H,3-7H2,1-2H3/t16-,19+/m1/s1. The molecule has 1 aliphatic heterocycles. The van der Waals surface area contributed by atoms with Gasteiger partial charge in [0.25, 0.3) is 0 Å². The number of hydrogen-bond acceptors (Lipinski definition) is 5. The van der Waals surface area contributed by atoms with Gasteiger partial charge in [-0.15, -0.1) is 11.8 Å². The van der Waals surface area contributed by atoms with Crippen molar-refractivity contribution in [1.82, 2.24) is 0 Å². The number of rotatable bonds is 6. The summed E-state index contributed by atoms with van der Waals surface area (Å²) in [5, 5.41) is 3.68. The highest BCUT2D eigenvalue weighted by Gasteiger charge is 2.34. The van der Waals surface area contributed by atoms with E-state index in [2.05, 4.69) is 17.6 Å². The van der Waals surface area contributed by atoms with Gasteiger partial charge in [0.05, 0.1) is 13.2 Å². The van der Waals surface area contributed by atoms with Crippen LogP contribution >= 0.6 is 11.8 Å². The van der Waals surface area contributed by atoms with Crippen LogP contribution in [0, 0.1) is 5.92 Å². The largest absolute Gasteiger partial charge is 0.497 e. The number of nitrogens with one attached hydrogen (secondary N) is 1. The van der Waals surface area contributed by atoms with Crippen molar-refractivity contribution in [3.05, 3.63) is 30.4 Å². The van der Waals surface area contributed by atoms with Crippen molar-refractivity contribution in [2.24, 2.45) is 5.92 Å². The van der Waals surface area contributed by atoms with E-state index in [9.17, 15) is 4.79 Å². The molecule has 0 radical (unpaired) electrons. The van der Waals surface area contributed by atoms with Gasteiger partial charge in [-0.3, -0.25) is 0 Å². The van der Waals surface area contributed by atoms with Gasteiger partial charge in [-0.05, 0) is 49.3 Å². The van der Waals surface area contributed by atoms with Crippen LogP contribution in [0.4, 0.5) is 5.69 Å². The Bertz CT molecular complexity index is 611. The highest BCUT2D eigenvalue weighted by Crippen LogP contribution is 2.35. The molecule has 24 heavy (non-hydrogen) atoms. The Labute approximate surface area is 148 Å². The van der Waals surface area contributed by atoms with Crippen molar-refractivity contribution in [1.29, 1.82) is 0 Å². The van der Waals surface area contributed by atoms with Crippen LogP contribution in [0.15, 0.2) is 35.2 Å². The molecule has 3 rings (SSSR count). The summed E-state index contributed by atoms with van der Waals surface area (Å²) in [5.41, 5.74) is 1.08. The molecule has 0 aromatic heterocycles. The first-order valence-electron chi connectivity index (χ1n) is 8.58. The van der Waals surface area contributed by atoms with E-state index >= 15 is 0 Å². The maximum absolute atomic E-state index is 11.5. The molecule has 4 nitrogen and oxygen atoms in total. The van der Waals surface area contributed by atoms with E-state index in [0.29, 0.717) is 5.92 Å². The lowest BCUT2D eigenvalue weighted by molar-refractivity contribution is -0.139. The minimum atomic E-state index is -0.234. The molecule has 1 fully saturated rings. The molecular weight excluding hydrogens is 322 g/mol. The molecule has 1 aromatic carbocycles. The van der Waals surface area contributed by atoms with Crippen LogP contribution < -0.4 is 10.1 Å². The number of carbonyl (C=O) groups is 1. The van der Waals surface area contributed by atoms with E-state index in [1.54, 1.807) is 24.9 Å². The normalized spacial score (nSPS) is 22.2. The highest BCUT2D eigenvalue weighted by atomic mass is 32.2. The first-order valence-corrected chi connectivity index (χ1v) is 9.81. The molecule has 1 saturated carbocycles. The van der Waals surface area contributed by atoms with Crippen LogP contribution in [0.3, 0.4) is 0 Å². The molecule has 0 amide bonds. The van der Waals surface area contributed by atoms with Crippen molar-refractivity contribution in [2.75, 3.05) is 18.7 Å². The average Bonchev–Trinajstić information content (AvgIpc) is 3.06. The van der Waals surface area contributed by atoms with Gasteiger partial charge >= 0.3 is 5.97 Å². The fourth-order valence-electron chi connectivity index (χ4n) is 3.64. The molecule has 0 unspecified atom stereocenters. The summed E-state index contributed by atoms with van der Waals surface area (Å²) in [5.74, 6) is 1.14. The molecule has 0 saturated heterocycles. The van der Waals surface area contributed by atoms with Crippen LogP contribution in [0.25, 0.3) is 0 Å². The second kappa shape index (κ2) is 7.97. The molecule has 130 valence electrons. The van der Waals surface area contributed by atoms with E-state index in [4.69, 9.17) is 9.47 Å². The van der Waals surface area contributed by atoms with Crippen molar-refractivity contribution in [2.45, 2.75) is 49.1 Å². The smallest absolute Gasteiger partial charge is 0.331 e. The summed E-state index contributed by atoms with van der Waals surface area (Å²) in [6, 6.07) is 6.19. The number of hydrogen-bond donors (Lipinski definition) is 1. The molecule has 1 aliphatic carbocycles. The number of carbonyl (C=O) groups excluding carboxylic acids is 1. The maximum atomic E-state index is 11.5. The van der Waals surface area contributed by atoms with Crippen LogP contribution in [0.5, 0.6) is 5.75 Å². The Morgan fingerprint density at radius 3 is 2.71 bits per heavy atom. The lowest BCUT2D eigenvalue weighted by Crippen LogP contribution is -2.41. The first-order chi connectivity index (χ1) is 11.7. The fourth-order valence-corrected chi connectivity index (χ4v) is 4.22. The van der Waals surface area contributed by atoms with Crippen molar-refractivity contribution in [3.8, 4) is 5.75 Å². The third kappa shape index (κ3) is 3.89. The second-order valence-corrected chi connectivity index (χ2v) is 7.24. The predicted octanol–water partition coefficient (Wildman–Crippen LogP) is 4.26. The predicted molar refractivity (Wildman–Crippen MR) is 97.8 cm³/mol. The summed E-state index contributed by atoms with van der Waals surface area (Å²) < 4.78 is 10.8. The van der Waals surface area contributed by atoms with E-state index in [-0.39, 0.29) is 18.1 Å². The molecule has 2 aliphatic rings. The number of benzene rings is 1. The van der Waals surface area contributed by atoms with Crippen LogP contribution in [0.1, 0.15) is 32.1 Å². The van der Waals surface area contributed by atoms with Gasteiger partial charge < -0.3 is 14.8 Å². The van der Waals surface area contributed by atoms with Gasteiger partial charge in [0.1, 0.15) is 11.9 Å². The zero-order chi connectivity index (χ0) is 16.9. The van der Waals surface area contributed by atoms with E-state index in [1.165, 1.54) is 32.1 Å². The zero-order valence-electron chi connectivity index (χ0n) is 14.3. The van der Waals surface area contributed by atoms with Crippen molar-refractivity contribution in [3.63, 3.8) is 0 Å². The number of ether oxygens (including phenoxy) is 2. The summed E-state index contributed by atoms with van der Waals surface area (Å²) in [7, 11) is 1.68. The van der Waals surface area contributed by atoms with Gasteiger partial charge in [-0.1, -0.05) is 19.3 Å². The SMILES string of the molecule is COc1ccc(N[C@@H](C2CCCCC2)[C@H]2C=CC(=O)O2)c(SC)c1. The number of cyclic esters (lactones) is 1. The molecule has 5 heteroatoms. The zero-order valence-corrected chi connectivity index (χ0v) is 15.1. The van der Waals surface area contributed by atoms with Crippen molar-refractivity contribution < 1.29 is 14.3 Å². The number of esters is 1. The number of thioether (sulfide) groups is 1. The third-order valence-corrected chi connectivity index (χ3v) is 5.69. The Morgan fingerprint density at radius 2 is 2.08 bits per heavy atom. The highest BCUT2D eigenvalue weighted by molar-refractivity contribution is 7.98. The van der Waals surface area contributed by atoms with Gasteiger partial charge in [-0.25, -0.2) is 4.79 Å².